The van der Waals surface area contributed by atoms with E-state index in [0.717, 1.165) is 10.7 Å². The summed E-state index contributed by atoms with van der Waals surface area (Å²) in [5.74, 6) is -1.35. The van der Waals surface area contributed by atoms with Crippen molar-refractivity contribution in [2.24, 2.45) is 5.92 Å². The van der Waals surface area contributed by atoms with Crippen LogP contribution in [0.2, 0.25) is 5.02 Å². The summed E-state index contributed by atoms with van der Waals surface area (Å²) in [6.45, 7) is 3.10. The lowest BCUT2D eigenvalue weighted by Gasteiger charge is -2.12. The molecule has 3 aromatic rings. The third kappa shape index (κ3) is 4.99. The molecule has 0 radical (unpaired) electrons. The molecule has 2 aromatic heterocycles. The Morgan fingerprint density at radius 2 is 2.00 bits per heavy atom. The molecule has 1 atom stereocenters. The van der Waals surface area contributed by atoms with Gasteiger partial charge < -0.3 is 5.32 Å². The summed E-state index contributed by atoms with van der Waals surface area (Å²) in [6, 6.07) is 6.81. The largest absolute Gasteiger partial charge is 0.435 e. The van der Waals surface area contributed by atoms with Crippen LogP contribution < -0.4 is 5.32 Å². The maximum atomic E-state index is 13.9. The average molecular weight is 444 g/mol. The molecular weight excluding hydrogens is 426 g/mol. The van der Waals surface area contributed by atoms with Crippen molar-refractivity contribution < 1.29 is 22.4 Å². The number of anilines is 1. The van der Waals surface area contributed by atoms with Crippen molar-refractivity contribution in [1.82, 2.24) is 19.6 Å². The summed E-state index contributed by atoms with van der Waals surface area (Å²) in [5.41, 5.74) is -0.436. The number of hydrogen-bond acceptors (Lipinski definition) is 3. The van der Waals surface area contributed by atoms with Crippen molar-refractivity contribution in [1.29, 1.82) is 0 Å². The molecule has 0 spiro atoms. The van der Waals surface area contributed by atoms with Crippen LogP contribution in [0.15, 0.2) is 36.5 Å². The van der Waals surface area contributed by atoms with Gasteiger partial charge in [0.25, 0.3) is 0 Å². The van der Waals surface area contributed by atoms with Crippen LogP contribution in [0.3, 0.4) is 0 Å². The Morgan fingerprint density at radius 3 is 2.63 bits per heavy atom. The van der Waals surface area contributed by atoms with Gasteiger partial charge in [-0.3, -0.25) is 14.2 Å². The van der Waals surface area contributed by atoms with Crippen LogP contribution in [0.4, 0.5) is 23.4 Å². The molecule has 160 valence electrons. The fraction of sp³-hybridized carbons (Fsp3) is 0.316. The highest BCUT2D eigenvalue weighted by atomic mass is 35.5. The van der Waals surface area contributed by atoms with Gasteiger partial charge in [0.2, 0.25) is 5.91 Å². The van der Waals surface area contributed by atoms with Crippen LogP contribution in [0.5, 0.6) is 0 Å². The number of aryl methyl sites for hydroxylation is 1. The van der Waals surface area contributed by atoms with Gasteiger partial charge in [-0.1, -0.05) is 24.6 Å². The summed E-state index contributed by atoms with van der Waals surface area (Å²) in [6.07, 6.45) is -2.99. The summed E-state index contributed by atoms with van der Waals surface area (Å²) in [7, 11) is 0. The zero-order valence-corrected chi connectivity index (χ0v) is 16.8. The van der Waals surface area contributed by atoms with Gasteiger partial charge in [-0.05, 0) is 25.1 Å². The zero-order chi connectivity index (χ0) is 22.1. The molecule has 0 saturated carbocycles. The SMILES string of the molecule is Cc1cc(C(F)(F)F)nn1C[C@@H](C)C(=O)Nc1ccn(Cc2c(F)cccc2Cl)n1. The molecule has 1 N–H and O–H groups in total. The minimum Gasteiger partial charge on any atom is -0.309 e. The van der Waals surface area contributed by atoms with Gasteiger partial charge in [0, 0.05) is 28.5 Å². The van der Waals surface area contributed by atoms with E-state index in [4.69, 9.17) is 11.6 Å². The van der Waals surface area contributed by atoms with Crippen LogP contribution in [-0.4, -0.2) is 25.5 Å². The number of aromatic nitrogens is 4. The minimum absolute atomic E-state index is 0.0285. The number of nitrogens with one attached hydrogen (secondary N) is 1. The predicted octanol–water partition coefficient (Wildman–Crippen LogP) is 4.52. The topological polar surface area (TPSA) is 64.7 Å². The average Bonchev–Trinajstić information content (AvgIpc) is 3.25. The first-order valence-corrected chi connectivity index (χ1v) is 9.31. The van der Waals surface area contributed by atoms with E-state index in [0.29, 0.717) is 5.69 Å². The third-order valence-electron chi connectivity index (χ3n) is 4.44. The molecule has 30 heavy (non-hydrogen) atoms. The van der Waals surface area contributed by atoms with Gasteiger partial charge in [-0.2, -0.15) is 23.4 Å². The number of nitrogens with zero attached hydrogens (tertiary/aromatic N) is 4. The van der Waals surface area contributed by atoms with Crippen molar-refractivity contribution in [3.63, 3.8) is 0 Å². The van der Waals surface area contributed by atoms with E-state index >= 15 is 0 Å². The van der Waals surface area contributed by atoms with Crippen LogP contribution in [-0.2, 0) is 24.1 Å². The minimum atomic E-state index is -4.55. The fourth-order valence-electron chi connectivity index (χ4n) is 2.79. The number of rotatable bonds is 6. The summed E-state index contributed by atoms with van der Waals surface area (Å²) < 4.78 is 54.8. The van der Waals surface area contributed by atoms with Crippen molar-refractivity contribution in [3.05, 3.63) is 64.3 Å². The molecule has 11 heteroatoms. The highest BCUT2D eigenvalue weighted by Crippen LogP contribution is 2.28. The van der Waals surface area contributed by atoms with E-state index in [2.05, 4.69) is 15.5 Å². The van der Waals surface area contributed by atoms with Crippen LogP contribution in [0.25, 0.3) is 0 Å². The Morgan fingerprint density at radius 1 is 1.27 bits per heavy atom. The van der Waals surface area contributed by atoms with Gasteiger partial charge in [0.1, 0.15) is 5.82 Å². The second-order valence-corrected chi connectivity index (χ2v) is 7.25. The molecule has 0 saturated heterocycles. The van der Waals surface area contributed by atoms with Gasteiger partial charge in [0.15, 0.2) is 11.5 Å². The normalized spacial score (nSPS) is 12.8. The van der Waals surface area contributed by atoms with E-state index in [9.17, 15) is 22.4 Å². The lowest BCUT2D eigenvalue weighted by Crippen LogP contribution is -2.25. The smallest absolute Gasteiger partial charge is 0.309 e. The molecule has 1 aromatic carbocycles. The number of alkyl halides is 3. The van der Waals surface area contributed by atoms with Crippen molar-refractivity contribution in [3.8, 4) is 0 Å². The Kier molecular flexibility index (Phi) is 6.16. The Balaban J connectivity index is 1.63. The first-order chi connectivity index (χ1) is 14.0. The van der Waals surface area contributed by atoms with Crippen LogP contribution in [0.1, 0.15) is 23.9 Å². The molecule has 2 heterocycles. The van der Waals surface area contributed by atoms with Crippen molar-refractivity contribution in [2.45, 2.75) is 33.1 Å². The molecular formula is C19H18ClF4N5O. The molecule has 1 amide bonds. The second kappa shape index (κ2) is 8.47. The molecule has 6 nitrogen and oxygen atoms in total. The lowest BCUT2D eigenvalue weighted by atomic mass is 10.1. The molecule has 0 unspecified atom stereocenters. The van der Waals surface area contributed by atoms with Crippen LogP contribution >= 0.6 is 11.6 Å². The molecule has 0 fully saturated rings. The van der Waals surface area contributed by atoms with Crippen molar-refractivity contribution in [2.75, 3.05) is 5.32 Å². The molecule has 0 bridgehead atoms. The summed E-state index contributed by atoms with van der Waals surface area (Å²) in [5, 5.41) is 10.5. The quantitative estimate of drug-likeness (QED) is 0.570. The van der Waals surface area contributed by atoms with Crippen molar-refractivity contribution >= 4 is 23.3 Å². The molecule has 3 rings (SSSR count). The van der Waals surface area contributed by atoms with E-state index in [1.54, 1.807) is 19.2 Å². The number of carbonyl (C=O) groups is 1. The fourth-order valence-corrected chi connectivity index (χ4v) is 3.01. The molecule has 0 aliphatic carbocycles. The number of carbonyl (C=O) groups excluding carboxylic acids is 1. The Labute approximate surface area is 174 Å². The third-order valence-corrected chi connectivity index (χ3v) is 4.79. The summed E-state index contributed by atoms with van der Waals surface area (Å²) in [4.78, 5) is 12.4. The summed E-state index contributed by atoms with van der Waals surface area (Å²) >= 11 is 6.00. The van der Waals surface area contributed by atoms with Gasteiger partial charge >= 0.3 is 6.18 Å². The first kappa shape index (κ1) is 21.8. The second-order valence-electron chi connectivity index (χ2n) is 6.84. The van der Waals surface area contributed by atoms with Crippen LogP contribution in [0, 0.1) is 18.7 Å². The maximum absolute atomic E-state index is 13.9. The number of hydrogen-bond donors (Lipinski definition) is 1. The van der Waals surface area contributed by atoms with Gasteiger partial charge in [0.05, 0.1) is 19.0 Å². The standard InChI is InChI=1S/C19H18ClF4N5O/c1-11(9-29-12(2)8-16(26-29)19(22,23)24)18(30)25-17-6-7-28(27-17)10-13-14(20)4-3-5-15(13)21/h3-8,11H,9-10H2,1-2H3,(H,25,27,30)/t11-/m1/s1. The Bertz CT molecular complexity index is 1040. The lowest BCUT2D eigenvalue weighted by molar-refractivity contribution is -0.141. The molecule has 0 aliphatic heterocycles. The van der Waals surface area contributed by atoms with E-state index in [-0.39, 0.29) is 29.5 Å². The molecule has 0 aliphatic rings. The van der Waals surface area contributed by atoms with E-state index in [1.807, 2.05) is 0 Å². The number of amides is 1. The first-order valence-electron chi connectivity index (χ1n) is 8.93. The van der Waals surface area contributed by atoms with Gasteiger partial charge in [-0.25, -0.2) is 4.39 Å². The van der Waals surface area contributed by atoms with E-state index < -0.39 is 29.5 Å². The van der Waals surface area contributed by atoms with Gasteiger partial charge in [-0.15, -0.1) is 0 Å². The Hall–Kier alpha value is -2.88. The number of benzene rings is 1. The predicted molar refractivity (Wildman–Crippen MR) is 102 cm³/mol. The highest BCUT2D eigenvalue weighted by Gasteiger charge is 2.34. The highest BCUT2D eigenvalue weighted by molar-refractivity contribution is 6.31. The maximum Gasteiger partial charge on any atom is 0.435 e. The zero-order valence-electron chi connectivity index (χ0n) is 16.0. The monoisotopic (exact) mass is 443 g/mol. The van der Waals surface area contributed by atoms with E-state index in [1.165, 1.54) is 29.8 Å². The number of halogens is 5.